The van der Waals surface area contributed by atoms with Crippen LogP contribution in [0.4, 0.5) is 0 Å². The van der Waals surface area contributed by atoms with Gasteiger partial charge in [-0.3, -0.25) is 0 Å². The fourth-order valence-corrected chi connectivity index (χ4v) is 3.47. The number of aliphatic hydroxyl groups excluding tert-OH is 4. The van der Waals surface area contributed by atoms with Gasteiger partial charge in [-0.2, -0.15) is 0 Å². The average molecular weight is 378 g/mol. The molecule has 1 fully saturated rings. The molecule has 2 aromatic rings. The van der Waals surface area contributed by atoms with Crippen molar-refractivity contribution in [2.75, 3.05) is 13.7 Å². The highest BCUT2D eigenvalue weighted by molar-refractivity contribution is 5.31. The molecule has 0 radical (unpaired) electrons. The van der Waals surface area contributed by atoms with Crippen LogP contribution in [-0.2, 0) is 28.1 Å². The summed E-state index contributed by atoms with van der Waals surface area (Å²) in [5.74, 6) is 0.00695. The highest BCUT2D eigenvalue weighted by Crippen LogP contribution is 2.39. The van der Waals surface area contributed by atoms with Crippen molar-refractivity contribution in [1.29, 1.82) is 0 Å². The molecule has 148 valence electrons. The van der Waals surface area contributed by atoms with Crippen molar-refractivity contribution in [2.24, 2.45) is 0 Å². The molecule has 1 saturated heterocycles. The van der Waals surface area contributed by atoms with E-state index in [-0.39, 0.29) is 0 Å². The first-order valence-corrected chi connectivity index (χ1v) is 9.00. The molecule has 4 N–H and O–H groups in total. The summed E-state index contributed by atoms with van der Waals surface area (Å²) in [6.07, 6.45) is -4.23. The van der Waals surface area contributed by atoms with Gasteiger partial charge in [-0.25, -0.2) is 0 Å². The summed E-state index contributed by atoms with van der Waals surface area (Å²) in [6.45, 7) is 1.49. The maximum Gasteiger partial charge on any atom is 0.224 e. The van der Waals surface area contributed by atoms with E-state index in [0.29, 0.717) is 12.0 Å². The number of ether oxygens (including phenoxy) is 2. The van der Waals surface area contributed by atoms with Gasteiger partial charge in [0.05, 0.1) is 6.61 Å². The van der Waals surface area contributed by atoms with E-state index in [1.165, 1.54) is 7.11 Å². The first kappa shape index (κ1) is 20.0. The molecule has 1 aliphatic rings. The molecule has 5 atom stereocenters. The van der Waals surface area contributed by atoms with Crippen LogP contribution in [0, 0.1) is 0 Å². The number of hydrogen-bond acceptors (Lipinski definition) is 7. The lowest BCUT2D eigenvalue weighted by atomic mass is 9.87. The molecule has 7 heteroatoms. The second kappa shape index (κ2) is 8.10. The SMILES string of the molecule is CCc1ccc(Cc2cccc(C3(OC)O[C@H](CO)[C@@H](O)[C@H](O)[C@H]3O)c2)o1. The molecule has 7 nitrogen and oxygen atoms in total. The summed E-state index contributed by atoms with van der Waals surface area (Å²) < 4.78 is 16.9. The van der Waals surface area contributed by atoms with Crippen LogP contribution < -0.4 is 0 Å². The number of aryl methyl sites for hydroxylation is 1. The number of methoxy groups -OCH3 is 1. The third kappa shape index (κ3) is 3.67. The van der Waals surface area contributed by atoms with E-state index in [2.05, 4.69) is 0 Å². The average Bonchev–Trinajstić information content (AvgIpc) is 3.14. The lowest BCUT2D eigenvalue weighted by Gasteiger charge is -2.47. The van der Waals surface area contributed by atoms with E-state index in [1.54, 1.807) is 18.2 Å². The van der Waals surface area contributed by atoms with Gasteiger partial charge in [0.15, 0.2) is 0 Å². The van der Waals surface area contributed by atoms with E-state index in [0.717, 1.165) is 23.5 Å². The highest BCUT2D eigenvalue weighted by atomic mass is 16.7. The lowest BCUT2D eigenvalue weighted by molar-refractivity contribution is -0.366. The first-order valence-electron chi connectivity index (χ1n) is 9.00. The maximum atomic E-state index is 10.6. The van der Waals surface area contributed by atoms with E-state index in [4.69, 9.17) is 13.9 Å². The third-order valence-electron chi connectivity index (χ3n) is 5.03. The topological polar surface area (TPSA) is 113 Å². The molecule has 1 aromatic carbocycles. The molecule has 2 heterocycles. The van der Waals surface area contributed by atoms with Crippen molar-refractivity contribution in [3.05, 3.63) is 59.0 Å². The Balaban J connectivity index is 1.93. The van der Waals surface area contributed by atoms with E-state index < -0.39 is 36.8 Å². The zero-order valence-corrected chi connectivity index (χ0v) is 15.4. The van der Waals surface area contributed by atoms with Crippen LogP contribution >= 0.6 is 0 Å². The maximum absolute atomic E-state index is 10.6. The van der Waals surface area contributed by atoms with Gasteiger partial charge < -0.3 is 34.3 Å². The molecular formula is C20H26O7. The molecule has 0 spiro atoms. The predicted molar refractivity (Wildman–Crippen MR) is 96.0 cm³/mol. The van der Waals surface area contributed by atoms with Crippen molar-refractivity contribution in [1.82, 2.24) is 0 Å². The zero-order valence-electron chi connectivity index (χ0n) is 15.4. The molecule has 0 amide bonds. The van der Waals surface area contributed by atoms with Crippen LogP contribution in [0.25, 0.3) is 0 Å². The number of benzene rings is 1. The molecule has 0 aliphatic carbocycles. The Hall–Kier alpha value is -1.74. The van der Waals surface area contributed by atoms with Crippen molar-refractivity contribution in [3.8, 4) is 0 Å². The lowest BCUT2D eigenvalue weighted by Crippen LogP contribution is -2.64. The van der Waals surface area contributed by atoms with E-state index in [9.17, 15) is 20.4 Å². The Morgan fingerprint density at radius 2 is 1.81 bits per heavy atom. The van der Waals surface area contributed by atoms with Crippen LogP contribution in [0.5, 0.6) is 0 Å². The Bertz CT molecular complexity index is 756. The molecule has 1 unspecified atom stereocenters. The predicted octanol–water partition coefficient (Wildman–Crippen LogP) is 0.706. The Morgan fingerprint density at radius 3 is 2.44 bits per heavy atom. The van der Waals surface area contributed by atoms with Crippen LogP contribution in [0.2, 0.25) is 0 Å². The van der Waals surface area contributed by atoms with Gasteiger partial charge in [-0.15, -0.1) is 0 Å². The van der Waals surface area contributed by atoms with Gasteiger partial charge in [0.2, 0.25) is 5.79 Å². The van der Waals surface area contributed by atoms with Gasteiger partial charge in [0.25, 0.3) is 0 Å². The van der Waals surface area contributed by atoms with E-state index in [1.807, 2.05) is 25.1 Å². The minimum Gasteiger partial charge on any atom is -0.466 e. The van der Waals surface area contributed by atoms with Gasteiger partial charge in [-0.05, 0) is 23.8 Å². The number of furan rings is 1. The summed E-state index contributed by atoms with van der Waals surface area (Å²) in [4.78, 5) is 0. The molecule has 0 bridgehead atoms. The monoisotopic (exact) mass is 378 g/mol. The molecule has 3 rings (SSSR count). The zero-order chi connectivity index (χ0) is 19.6. The molecule has 1 aliphatic heterocycles. The summed E-state index contributed by atoms with van der Waals surface area (Å²) >= 11 is 0. The van der Waals surface area contributed by atoms with Crippen molar-refractivity contribution >= 4 is 0 Å². The summed E-state index contributed by atoms with van der Waals surface area (Å²) in [7, 11) is 1.34. The minimum absolute atomic E-state index is 0.474. The Morgan fingerprint density at radius 1 is 1.07 bits per heavy atom. The van der Waals surface area contributed by atoms with Crippen molar-refractivity contribution in [3.63, 3.8) is 0 Å². The molecule has 27 heavy (non-hydrogen) atoms. The van der Waals surface area contributed by atoms with Gasteiger partial charge in [0, 0.05) is 25.5 Å². The molecular weight excluding hydrogens is 352 g/mol. The fourth-order valence-electron chi connectivity index (χ4n) is 3.47. The number of aliphatic hydroxyl groups is 4. The van der Waals surface area contributed by atoms with Gasteiger partial charge in [0.1, 0.15) is 35.9 Å². The Kier molecular flexibility index (Phi) is 6.00. The fraction of sp³-hybridized carbons (Fsp3) is 0.500. The molecule has 0 saturated carbocycles. The van der Waals surface area contributed by atoms with Crippen molar-refractivity contribution < 1.29 is 34.3 Å². The van der Waals surface area contributed by atoms with Gasteiger partial charge >= 0.3 is 0 Å². The van der Waals surface area contributed by atoms with Crippen LogP contribution in [0.3, 0.4) is 0 Å². The van der Waals surface area contributed by atoms with Crippen LogP contribution in [-0.4, -0.2) is 58.6 Å². The summed E-state index contributed by atoms with van der Waals surface area (Å²) in [5, 5.41) is 40.3. The third-order valence-corrected chi connectivity index (χ3v) is 5.03. The quantitative estimate of drug-likeness (QED) is 0.585. The highest BCUT2D eigenvalue weighted by Gasteiger charge is 2.55. The standard InChI is InChI=1S/C20H26O7/c1-3-14-7-8-15(26-14)10-12-5-4-6-13(9-12)20(25-2)19(24)18(23)17(22)16(11-21)27-20/h4-9,16-19,21-24H,3,10-11H2,1-2H3/t16-,17-,18+,19-,20?/m1/s1. The van der Waals surface area contributed by atoms with Crippen LogP contribution in [0.1, 0.15) is 29.6 Å². The largest absolute Gasteiger partial charge is 0.466 e. The van der Waals surface area contributed by atoms with Gasteiger partial charge in [-0.1, -0.05) is 25.1 Å². The number of hydrogen-bond donors (Lipinski definition) is 4. The number of rotatable bonds is 6. The second-order valence-electron chi connectivity index (χ2n) is 6.74. The summed E-state index contributed by atoms with van der Waals surface area (Å²) in [6, 6.07) is 11.1. The minimum atomic E-state index is -1.71. The second-order valence-corrected chi connectivity index (χ2v) is 6.74. The molecule has 1 aromatic heterocycles. The van der Waals surface area contributed by atoms with Crippen LogP contribution in [0.15, 0.2) is 40.8 Å². The summed E-state index contributed by atoms with van der Waals surface area (Å²) in [5.41, 5.74) is 1.37. The van der Waals surface area contributed by atoms with Crippen molar-refractivity contribution in [2.45, 2.75) is 50.0 Å². The normalized spacial score (nSPS) is 31.2. The first-order chi connectivity index (χ1) is 12.9. The van der Waals surface area contributed by atoms with E-state index >= 15 is 0 Å². The Labute approximate surface area is 157 Å². The smallest absolute Gasteiger partial charge is 0.224 e.